The monoisotopic (exact) mass is 342 g/mol. The Labute approximate surface area is 133 Å². The van der Waals surface area contributed by atoms with Gasteiger partial charge in [-0.2, -0.15) is 0 Å². The Hall–Kier alpha value is -2.18. The standard InChI is InChI=1S/C14H9Cl2FN2O3/c1-22-8-4-5(10(17)13(21)12(8)20)14-18-7-3-2-6(15)9(16)11(7)19-14/h2-4,20-21H,1H3,(H,18,19). The van der Waals surface area contributed by atoms with Crippen molar-refractivity contribution in [2.24, 2.45) is 0 Å². The number of nitrogens with one attached hydrogen (secondary N) is 1. The highest BCUT2D eigenvalue weighted by Gasteiger charge is 2.21. The van der Waals surface area contributed by atoms with Gasteiger partial charge >= 0.3 is 0 Å². The number of hydrogen-bond acceptors (Lipinski definition) is 4. The van der Waals surface area contributed by atoms with Crippen molar-refractivity contribution < 1.29 is 19.3 Å². The highest BCUT2D eigenvalue weighted by atomic mass is 35.5. The van der Waals surface area contributed by atoms with Crippen molar-refractivity contribution in [1.82, 2.24) is 9.97 Å². The second-order valence-corrected chi connectivity index (χ2v) is 5.27. The number of H-pyrrole nitrogens is 1. The van der Waals surface area contributed by atoms with Crippen LogP contribution in [0.15, 0.2) is 18.2 Å². The van der Waals surface area contributed by atoms with Gasteiger partial charge in [-0.3, -0.25) is 0 Å². The molecule has 0 atom stereocenters. The lowest BCUT2D eigenvalue weighted by atomic mass is 10.1. The average molecular weight is 343 g/mol. The summed E-state index contributed by atoms with van der Waals surface area (Å²) in [5, 5.41) is 19.8. The molecule has 0 fully saturated rings. The maximum atomic E-state index is 14.2. The van der Waals surface area contributed by atoms with Crippen molar-refractivity contribution in [3.8, 4) is 28.6 Å². The number of imidazole rings is 1. The third kappa shape index (κ3) is 2.12. The molecule has 0 bridgehead atoms. The van der Waals surface area contributed by atoms with Crippen LogP contribution < -0.4 is 4.74 Å². The Morgan fingerprint density at radius 1 is 1.23 bits per heavy atom. The normalized spacial score (nSPS) is 11.1. The molecule has 0 saturated carbocycles. The van der Waals surface area contributed by atoms with Crippen molar-refractivity contribution in [2.45, 2.75) is 0 Å². The molecule has 0 aliphatic rings. The first-order valence-corrected chi connectivity index (χ1v) is 6.82. The van der Waals surface area contributed by atoms with Crippen molar-refractivity contribution >= 4 is 34.2 Å². The first-order chi connectivity index (χ1) is 10.4. The zero-order valence-electron chi connectivity index (χ0n) is 11.1. The number of hydrogen-bond donors (Lipinski definition) is 3. The molecule has 0 aliphatic heterocycles. The van der Waals surface area contributed by atoms with Crippen LogP contribution in [0.5, 0.6) is 17.2 Å². The molecule has 0 aliphatic carbocycles. The molecule has 0 saturated heterocycles. The highest BCUT2D eigenvalue weighted by molar-refractivity contribution is 6.44. The minimum absolute atomic E-state index is 0.0736. The topological polar surface area (TPSA) is 78.4 Å². The lowest BCUT2D eigenvalue weighted by Crippen LogP contribution is -1.92. The van der Waals surface area contributed by atoms with Crippen LogP contribution in [0.1, 0.15) is 0 Å². The van der Waals surface area contributed by atoms with Crippen LogP contribution in [-0.2, 0) is 0 Å². The molecule has 114 valence electrons. The third-order valence-electron chi connectivity index (χ3n) is 3.20. The van der Waals surface area contributed by atoms with Crippen LogP contribution in [0.4, 0.5) is 4.39 Å². The van der Waals surface area contributed by atoms with Crippen LogP contribution >= 0.6 is 23.2 Å². The first kappa shape index (κ1) is 14.7. The Morgan fingerprint density at radius 3 is 2.64 bits per heavy atom. The molecule has 0 unspecified atom stereocenters. The Kier molecular flexibility index (Phi) is 3.50. The maximum absolute atomic E-state index is 14.2. The van der Waals surface area contributed by atoms with Gasteiger partial charge in [-0.25, -0.2) is 9.37 Å². The van der Waals surface area contributed by atoms with Gasteiger partial charge in [-0.15, -0.1) is 0 Å². The summed E-state index contributed by atoms with van der Waals surface area (Å²) in [5.41, 5.74) is 0.848. The molecule has 8 heteroatoms. The van der Waals surface area contributed by atoms with E-state index in [2.05, 4.69) is 9.97 Å². The number of ether oxygens (including phenoxy) is 1. The van der Waals surface area contributed by atoms with Crippen LogP contribution in [0.25, 0.3) is 22.4 Å². The van der Waals surface area contributed by atoms with Crippen molar-refractivity contribution in [3.63, 3.8) is 0 Å². The Bertz CT molecular complexity index is 896. The summed E-state index contributed by atoms with van der Waals surface area (Å²) in [6.45, 7) is 0. The van der Waals surface area contributed by atoms with Gasteiger partial charge in [-0.05, 0) is 18.2 Å². The van der Waals surface area contributed by atoms with E-state index in [1.54, 1.807) is 12.1 Å². The number of aromatic hydroxyl groups is 2. The molecule has 0 spiro atoms. The van der Waals surface area contributed by atoms with Gasteiger partial charge in [-0.1, -0.05) is 23.2 Å². The summed E-state index contributed by atoms with van der Waals surface area (Å²) in [4.78, 5) is 7.07. The number of aromatic nitrogens is 2. The summed E-state index contributed by atoms with van der Waals surface area (Å²) < 4.78 is 19.1. The molecule has 3 rings (SSSR count). The van der Waals surface area contributed by atoms with E-state index in [1.807, 2.05) is 0 Å². The molecule has 1 aromatic heterocycles. The largest absolute Gasteiger partial charge is 0.502 e. The molecular formula is C14H9Cl2FN2O3. The number of benzene rings is 2. The quantitative estimate of drug-likeness (QED) is 0.612. The van der Waals surface area contributed by atoms with E-state index in [0.29, 0.717) is 16.1 Å². The number of rotatable bonds is 2. The molecule has 3 N–H and O–H groups in total. The maximum Gasteiger partial charge on any atom is 0.203 e. The van der Waals surface area contributed by atoms with Crippen LogP contribution in [0.3, 0.4) is 0 Å². The average Bonchev–Trinajstić information content (AvgIpc) is 2.94. The second kappa shape index (κ2) is 5.23. The van der Waals surface area contributed by atoms with E-state index in [0.717, 1.165) is 0 Å². The number of phenolic OH excluding ortho intramolecular Hbond substituents is 2. The summed E-state index contributed by atoms with van der Waals surface area (Å²) in [6.07, 6.45) is 0. The lowest BCUT2D eigenvalue weighted by Gasteiger charge is -2.09. The minimum Gasteiger partial charge on any atom is -0.502 e. The molecule has 5 nitrogen and oxygen atoms in total. The van der Waals surface area contributed by atoms with E-state index in [9.17, 15) is 14.6 Å². The van der Waals surface area contributed by atoms with Gasteiger partial charge in [0.2, 0.25) is 5.75 Å². The van der Waals surface area contributed by atoms with Crippen molar-refractivity contribution in [1.29, 1.82) is 0 Å². The minimum atomic E-state index is -1.03. The zero-order valence-corrected chi connectivity index (χ0v) is 12.6. The van der Waals surface area contributed by atoms with E-state index in [-0.39, 0.29) is 22.2 Å². The predicted molar refractivity (Wildman–Crippen MR) is 81.4 cm³/mol. The predicted octanol–water partition coefficient (Wildman–Crippen LogP) is 4.10. The molecule has 1 heterocycles. The van der Waals surface area contributed by atoms with Gasteiger partial charge in [0.15, 0.2) is 17.3 Å². The molecule has 3 aromatic rings. The number of aromatic amines is 1. The number of fused-ring (bicyclic) bond motifs is 1. The summed E-state index contributed by atoms with van der Waals surface area (Å²) in [6, 6.07) is 4.45. The van der Waals surface area contributed by atoms with Crippen molar-refractivity contribution in [3.05, 3.63) is 34.1 Å². The van der Waals surface area contributed by atoms with Crippen LogP contribution in [0, 0.1) is 5.82 Å². The highest BCUT2D eigenvalue weighted by Crippen LogP contribution is 2.42. The fourth-order valence-corrected chi connectivity index (χ4v) is 2.44. The van der Waals surface area contributed by atoms with Gasteiger partial charge in [0.25, 0.3) is 0 Å². The van der Waals surface area contributed by atoms with E-state index in [1.165, 1.54) is 13.2 Å². The van der Waals surface area contributed by atoms with Crippen molar-refractivity contribution in [2.75, 3.05) is 7.11 Å². The number of halogens is 3. The molecule has 0 radical (unpaired) electrons. The van der Waals surface area contributed by atoms with Crippen LogP contribution in [-0.4, -0.2) is 27.3 Å². The van der Waals surface area contributed by atoms with E-state index < -0.39 is 17.3 Å². The number of nitrogens with zero attached hydrogens (tertiary/aromatic N) is 1. The van der Waals surface area contributed by atoms with Gasteiger partial charge < -0.3 is 19.9 Å². The lowest BCUT2D eigenvalue weighted by molar-refractivity contribution is 0.340. The summed E-state index contributed by atoms with van der Waals surface area (Å²) in [5.74, 6) is -2.59. The van der Waals surface area contributed by atoms with Gasteiger partial charge in [0.1, 0.15) is 11.3 Å². The molecule has 2 aromatic carbocycles. The summed E-state index contributed by atoms with van der Waals surface area (Å²) in [7, 11) is 1.28. The van der Waals surface area contributed by atoms with Crippen LogP contribution in [0.2, 0.25) is 10.0 Å². The second-order valence-electron chi connectivity index (χ2n) is 4.48. The SMILES string of the molecule is COc1cc(-c2nc3c(Cl)c(Cl)ccc3[nH]2)c(F)c(O)c1O. The van der Waals surface area contributed by atoms with E-state index in [4.69, 9.17) is 27.9 Å². The third-order valence-corrected chi connectivity index (χ3v) is 3.99. The molecule has 0 amide bonds. The van der Waals surface area contributed by atoms with Gasteiger partial charge in [0.05, 0.1) is 28.2 Å². The van der Waals surface area contributed by atoms with Gasteiger partial charge in [0, 0.05) is 0 Å². The fraction of sp³-hybridized carbons (Fsp3) is 0.0714. The smallest absolute Gasteiger partial charge is 0.203 e. The molecule has 22 heavy (non-hydrogen) atoms. The summed E-state index contributed by atoms with van der Waals surface area (Å²) >= 11 is 12.0. The van der Waals surface area contributed by atoms with E-state index >= 15 is 0 Å². The zero-order chi connectivity index (χ0) is 16.0. The first-order valence-electron chi connectivity index (χ1n) is 6.06. The molecular weight excluding hydrogens is 334 g/mol. The number of methoxy groups -OCH3 is 1. The Balaban J connectivity index is 2.28. The Morgan fingerprint density at radius 2 is 1.95 bits per heavy atom. The number of phenols is 2. The fourth-order valence-electron chi connectivity index (χ4n) is 2.08.